The molecule has 0 amide bonds. The molecule has 25 heavy (non-hydrogen) atoms. The number of rotatable bonds is 3. The van der Waals surface area contributed by atoms with Crippen LogP contribution in [0, 0.1) is 6.92 Å². The number of guanidine groups is 1. The molecular formula is C19H26IN5. The van der Waals surface area contributed by atoms with Crippen LogP contribution in [0.1, 0.15) is 11.4 Å². The number of aryl methyl sites for hydroxylation is 1. The molecule has 1 fully saturated rings. The second-order valence-corrected chi connectivity index (χ2v) is 5.98. The molecule has 0 bridgehead atoms. The molecule has 1 aliphatic heterocycles. The largest absolute Gasteiger partial charge is 0.368 e. The third-order valence-corrected chi connectivity index (χ3v) is 4.29. The minimum absolute atomic E-state index is 0. The number of nitrogens with zero attached hydrogens (tertiary/aromatic N) is 4. The zero-order valence-corrected chi connectivity index (χ0v) is 17.2. The van der Waals surface area contributed by atoms with E-state index in [0.717, 1.165) is 43.5 Å². The van der Waals surface area contributed by atoms with Crippen LogP contribution in [0.15, 0.2) is 53.5 Å². The third kappa shape index (κ3) is 5.32. The monoisotopic (exact) mass is 451 g/mol. The lowest BCUT2D eigenvalue weighted by atomic mass is 10.2. The van der Waals surface area contributed by atoms with Crippen molar-refractivity contribution >= 4 is 35.6 Å². The van der Waals surface area contributed by atoms with Crippen molar-refractivity contribution in [3.05, 3.63) is 59.9 Å². The van der Waals surface area contributed by atoms with E-state index in [0.29, 0.717) is 6.54 Å². The molecule has 1 aromatic heterocycles. The van der Waals surface area contributed by atoms with E-state index >= 15 is 0 Å². The summed E-state index contributed by atoms with van der Waals surface area (Å²) in [5.41, 5.74) is 3.38. The standard InChI is InChI=1S/C19H25N5.HI/c1-16-7-6-8-17(22-16)15-21-19(20-2)24-13-11-23(12-14-24)18-9-4-3-5-10-18;/h3-10H,11-15H2,1-2H3,(H,20,21);1H. The maximum atomic E-state index is 4.53. The lowest BCUT2D eigenvalue weighted by Crippen LogP contribution is -2.52. The van der Waals surface area contributed by atoms with Crippen molar-refractivity contribution in [2.75, 3.05) is 38.1 Å². The minimum Gasteiger partial charge on any atom is -0.368 e. The highest BCUT2D eigenvalue weighted by atomic mass is 127. The Hall–Kier alpha value is -1.83. The summed E-state index contributed by atoms with van der Waals surface area (Å²) in [7, 11) is 1.84. The number of pyridine rings is 1. The topological polar surface area (TPSA) is 43.8 Å². The van der Waals surface area contributed by atoms with Crippen molar-refractivity contribution in [3.63, 3.8) is 0 Å². The van der Waals surface area contributed by atoms with E-state index in [4.69, 9.17) is 0 Å². The molecule has 0 unspecified atom stereocenters. The Kier molecular flexibility index (Phi) is 7.49. The van der Waals surface area contributed by atoms with Gasteiger partial charge in [0.1, 0.15) is 0 Å². The number of benzene rings is 1. The molecule has 0 saturated carbocycles. The molecule has 5 nitrogen and oxygen atoms in total. The Morgan fingerprint density at radius 2 is 1.76 bits per heavy atom. The maximum Gasteiger partial charge on any atom is 0.194 e. The van der Waals surface area contributed by atoms with E-state index in [1.807, 2.05) is 32.2 Å². The summed E-state index contributed by atoms with van der Waals surface area (Å²) in [6, 6.07) is 16.7. The van der Waals surface area contributed by atoms with Gasteiger partial charge in [0.2, 0.25) is 0 Å². The highest BCUT2D eigenvalue weighted by Gasteiger charge is 2.19. The molecule has 3 rings (SSSR count). The molecule has 1 aliphatic rings. The van der Waals surface area contributed by atoms with Gasteiger partial charge in [-0.15, -0.1) is 24.0 Å². The average molecular weight is 451 g/mol. The van der Waals surface area contributed by atoms with E-state index in [2.05, 4.69) is 55.4 Å². The second-order valence-electron chi connectivity index (χ2n) is 5.98. The molecule has 1 saturated heterocycles. The number of aliphatic imine (C=N–C) groups is 1. The zero-order chi connectivity index (χ0) is 16.8. The van der Waals surface area contributed by atoms with E-state index in [9.17, 15) is 0 Å². The SMILES string of the molecule is CN=C(NCc1cccc(C)n1)N1CCN(c2ccccc2)CC1.I. The van der Waals surface area contributed by atoms with Crippen LogP contribution in [0.2, 0.25) is 0 Å². The summed E-state index contributed by atoms with van der Waals surface area (Å²) in [4.78, 5) is 13.7. The molecule has 0 spiro atoms. The van der Waals surface area contributed by atoms with E-state index in [-0.39, 0.29) is 24.0 Å². The first kappa shape index (κ1) is 19.5. The number of piperazine rings is 1. The van der Waals surface area contributed by atoms with Crippen LogP contribution >= 0.6 is 24.0 Å². The zero-order valence-electron chi connectivity index (χ0n) is 14.9. The second kappa shape index (κ2) is 9.60. The molecule has 2 heterocycles. The first-order valence-corrected chi connectivity index (χ1v) is 8.44. The van der Waals surface area contributed by atoms with Gasteiger partial charge in [-0.3, -0.25) is 9.98 Å². The van der Waals surface area contributed by atoms with Crippen LogP contribution in [-0.2, 0) is 6.54 Å². The van der Waals surface area contributed by atoms with Gasteiger partial charge in [0.05, 0.1) is 12.2 Å². The third-order valence-electron chi connectivity index (χ3n) is 4.29. The van der Waals surface area contributed by atoms with Crippen LogP contribution in [0.4, 0.5) is 5.69 Å². The fourth-order valence-electron chi connectivity index (χ4n) is 3.02. The van der Waals surface area contributed by atoms with Gasteiger partial charge in [0.25, 0.3) is 0 Å². The van der Waals surface area contributed by atoms with Crippen LogP contribution < -0.4 is 10.2 Å². The summed E-state index contributed by atoms with van der Waals surface area (Å²) in [6.45, 7) is 6.67. The number of hydrogen-bond donors (Lipinski definition) is 1. The Balaban J connectivity index is 0.00000225. The Bertz CT molecular complexity index is 681. The first-order valence-electron chi connectivity index (χ1n) is 8.44. The molecule has 0 radical (unpaired) electrons. The van der Waals surface area contributed by atoms with Crippen molar-refractivity contribution in [1.29, 1.82) is 0 Å². The van der Waals surface area contributed by atoms with E-state index < -0.39 is 0 Å². The van der Waals surface area contributed by atoms with E-state index in [1.165, 1.54) is 5.69 Å². The number of hydrogen-bond acceptors (Lipinski definition) is 3. The van der Waals surface area contributed by atoms with Crippen molar-refractivity contribution in [1.82, 2.24) is 15.2 Å². The Morgan fingerprint density at radius 1 is 1.04 bits per heavy atom. The van der Waals surface area contributed by atoms with Crippen LogP contribution in [-0.4, -0.2) is 49.1 Å². The van der Waals surface area contributed by atoms with Gasteiger partial charge in [-0.2, -0.15) is 0 Å². The van der Waals surface area contributed by atoms with Gasteiger partial charge in [-0.1, -0.05) is 24.3 Å². The molecule has 0 atom stereocenters. The lowest BCUT2D eigenvalue weighted by molar-refractivity contribution is 0.372. The number of halogens is 1. The van der Waals surface area contributed by atoms with Gasteiger partial charge < -0.3 is 15.1 Å². The summed E-state index contributed by atoms with van der Waals surface area (Å²) < 4.78 is 0. The molecule has 1 aromatic carbocycles. The summed E-state index contributed by atoms with van der Waals surface area (Å²) >= 11 is 0. The van der Waals surface area contributed by atoms with Gasteiger partial charge in [0.15, 0.2) is 5.96 Å². The van der Waals surface area contributed by atoms with Crippen LogP contribution in [0.5, 0.6) is 0 Å². The van der Waals surface area contributed by atoms with Crippen LogP contribution in [0.25, 0.3) is 0 Å². The van der Waals surface area contributed by atoms with Crippen LogP contribution in [0.3, 0.4) is 0 Å². The van der Waals surface area contributed by atoms with Gasteiger partial charge in [0, 0.05) is 44.6 Å². The maximum absolute atomic E-state index is 4.53. The number of para-hydroxylation sites is 1. The van der Waals surface area contributed by atoms with E-state index in [1.54, 1.807) is 0 Å². The number of aromatic nitrogens is 1. The molecular weight excluding hydrogens is 425 g/mol. The summed E-state index contributed by atoms with van der Waals surface area (Å²) in [5.74, 6) is 0.950. The number of nitrogens with one attached hydrogen (secondary N) is 1. The normalized spacial score (nSPS) is 14.9. The van der Waals surface area contributed by atoms with Crippen molar-refractivity contribution < 1.29 is 0 Å². The smallest absolute Gasteiger partial charge is 0.194 e. The predicted molar refractivity (Wildman–Crippen MR) is 115 cm³/mol. The van der Waals surface area contributed by atoms with Crippen molar-refractivity contribution in [2.45, 2.75) is 13.5 Å². The Labute approximate surface area is 167 Å². The van der Waals surface area contributed by atoms with Gasteiger partial charge in [-0.25, -0.2) is 0 Å². The fourth-order valence-corrected chi connectivity index (χ4v) is 3.02. The Morgan fingerprint density at radius 3 is 2.40 bits per heavy atom. The van der Waals surface area contributed by atoms with Gasteiger partial charge >= 0.3 is 0 Å². The highest BCUT2D eigenvalue weighted by Crippen LogP contribution is 2.15. The molecule has 1 N–H and O–H groups in total. The average Bonchev–Trinajstić information content (AvgIpc) is 2.64. The predicted octanol–water partition coefficient (Wildman–Crippen LogP) is 2.91. The summed E-state index contributed by atoms with van der Waals surface area (Å²) in [5, 5.41) is 3.43. The first-order chi connectivity index (χ1) is 11.8. The molecule has 0 aliphatic carbocycles. The molecule has 2 aromatic rings. The minimum atomic E-state index is 0. The lowest BCUT2D eigenvalue weighted by Gasteiger charge is -2.37. The van der Waals surface area contributed by atoms with Gasteiger partial charge in [-0.05, 0) is 31.2 Å². The highest BCUT2D eigenvalue weighted by molar-refractivity contribution is 14.0. The molecule has 6 heteroatoms. The quantitative estimate of drug-likeness (QED) is 0.443. The fraction of sp³-hybridized carbons (Fsp3) is 0.368. The number of anilines is 1. The van der Waals surface area contributed by atoms with Crippen molar-refractivity contribution in [2.24, 2.45) is 4.99 Å². The summed E-state index contributed by atoms with van der Waals surface area (Å²) in [6.07, 6.45) is 0. The molecule has 134 valence electrons. The van der Waals surface area contributed by atoms with Crippen molar-refractivity contribution in [3.8, 4) is 0 Å².